The van der Waals surface area contributed by atoms with E-state index >= 15 is 0 Å². The Morgan fingerprint density at radius 1 is 1.39 bits per heavy atom. The average Bonchev–Trinajstić information content (AvgIpc) is 2.54. The lowest BCUT2D eigenvalue weighted by molar-refractivity contribution is 0.174. The highest BCUT2D eigenvalue weighted by Gasteiger charge is 2.22. The SMILES string of the molecule is CCC1CN(C)CCCN1Cc1ccc(O)cn1. The van der Waals surface area contributed by atoms with Gasteiger partial charge in [-0.3, -0.25) is 9.88 Å². The van der Waals surface area contributed by atoms with Crippen LogP contribution in [-0.4, -0.2) is 52.6 Å². The van der Waals surface area contributed by atoms with Gasteiger partial charge in [-0.15, -0.1) is 0 Å². The average molecular weight is 249 g/mol. The van der Waals surface area contributed by atoms with E-state index in [4.69, 9.17) is 0 Å². The molecular weight excluding hydrogens is 226 g/mol. The first kappa shape index (κ1) is 13.3. The maximum atomic E-state index is 9.26. The Kier molecular flexibility index (Phi) is 4.55. The van der Waals surface area contributed by atoms with E-state index in [2.05, 4.69) is 28.8 Å². The molecule has 0 bridgehead atoms. The summed E-state index contributed by atoms with van der Waals surface area (Å²) in [5.41, 5.74) is 1.04. The minimum absolute atomic E-state index is 0.237. The zero-order valence-corrected chi connectivity index (χ0v) is 11.3. The monoisotopic (exact) mass is 249 g/mol. The van der Waals surface area contributed by atoms with Crippen molar-refractivity contribution in [1.82, 2.24) is 14.8 Å². The van der Waals surface area contributed by atoms with Crippen LogP contribution in [0.15, 0.2) is 18.3 Å². The van der Waals surface area contributed by atoms with Crippen molar-refractivity contribution in [1.29, 1.82) is 0 Å². The third-order valence-corrected chi connectivity index (χ3v) is 3.67. The summed E-state index contributed by atoms with van der Waals surface area (Å²) >= 11 is 0. The van der Waals surface area contributed by atoms with Crippen LogP contribution in [0, 0.1) is 0 Å². The van der Waals surface area contributed by atoms with E-state index in [1.54, 1.807) is 6.07 Å². The van der Waals surface area contributed by atoms with Gasteiger partial charge in [0.05, 0.1) is 11.9 Å². The molecule has 1 fully saturated rings. The van der Waals surface area contributed by atoms with Gasteiger partial charge in [-0.25, -0.2) is 0 Å². The summed E-state index contributed by atoms with van der Waals surface area (Å²) in [6, 6.07) is 4.23. The van der Waals surface area contributed by atoms with Gasteiger partial charge in [0, 0.05) is 25.7 Å². The standard InChI is InChI=1S/C14H23N3O/c1-3-13-11-16(2)7-4-8-17(13)10-12-5-6-14(18)9-15-12/h5-6,9,13,18H,3-4,7-8,10-11H2,1-2H3. The largest absolute Gasteiger partial charge is 0.506 e. The van der Waals surface area contributed by atoms with Crippen molar-refractivity contribution in [3.05, 3.63) is 24.0 Å². The smallest absolute Gasteiger partial charge is 0.133 e. The Balaban J connectivity index is 2.03. The summed E-state index contributed by atoms with van der Waals surface area (Å²) in [5, 5.41) is 9.26. The predicted molar refractivity (Wildman–Crippen MR) is 72.5 cm³/mol. The zero-order valence-electron chi connectivity index (χ0n) is 11.3. The molecule has 1 aliphatic heterocycles. The van der Waals surface area contributed by atoms with Crippen LogP contribution < -0.4 is 0 Å². The first-order valence-electron chi connectivity index (χ1n) is 6.75. The summed E-state index contributed by atoms with van der Waals surface area (Å²) in [4.78, 5) is 9.22. The highest BCUT2D eigenvalue weighted by Crippen LogP contribution is 2.15. The number of hydrogen-bond donors (Lipinski definition) is 1. The van der Waals surface area contributed by atoms with Gasteiger partial charge in [0.2, 0.25) is 0 Å². The number of rotatable bonds is 3. The zero-order chi connectivity index (χ0) is 13.0. The molecule has 2 heterocycles. The van der Waals surface area contributed by atoms with Crippen molar-refractivity contribution < 1.29 is 5.11 Å². The van der Waals surface area contributed by atoms with Crippen molar-refractivity contribution in [3.63, 3.8) is 0 Å². The van der Waals surface area contributed by atoms with Crippen molar-refractivity contribution in [2.75, 3.05) is 26.7 Å². The molecule has 100 valence electrons. The molecule has 0 aliphatic carbocycles. The molecule has 0 saturated carbocycles. The maximum absolute atomic E-state index is 9.26. The summed E-state index contributed by atoms with van der Waals surface area (Å²) < 4.78 is 0. The topological polar surface area (TPSA) is 39.6 Å². The number of likely N-dealkylation sites (N-methyl/N-ethyl adjacent to an activating group) is 1. The molecule has 1 atom stereocenters. The van der Waals surface area contributed by atoms with Gasteiger partial charge in [-0.1, -0.05) is 6.92 Å². The van der Waals surface area contributed by atoms with Crippen LogP contribution in [0.4, 0.5) is 0 Å². The highest BCUT2D eigenvalue weighted by atomic mass is 16.3. The summed E-state index contributed by atoms with van der Waals surface area (Å²) in [6.07, 6.45) is 3.91. The molecule has 4 heteroatoms. The van der Waals surface area contributed by atoms with Gasteiger partial charge in [-0.2, -0.15) is 0 Å². The number of aromatic nitrogens is 1. The van der Waals surface area contributed by atoms with Gasteiger partial charge >= 0.3 is 0 Å². The van der Waals surface area contributed by atoms with Gasteiger partial charge in [0.1, 0.15) is 5.75 Å². The van der Waals surface area contributed by atoms with Crippen LogP contribution in [0.2, 0.25) is 0 Å². The molecule has 0 radical (unpaired) electrons. The summed E-state index contributed by atoms with van der Waals surface area (Å²) in [5.74, 6) is 0.237. The van der Waals surface area contributed by atoms with E-state index in [9.17, 15) is 5.11 Å². The van der Waals surface area contributed by atoms with Crippen LogP contribution in [-0.2, 0) is 6.54 Å². The second-order valence-corrected chi connectivity index (χ2v) is 5.16. The van der Waals surface area contributed by atoms with Gasteiger partial charge < -0.3 is 10.0 Å². The Labute approximate surface area is 109 Å². The van der Waals surface area contributed by atoms with Crippen molar-refractivity contribution in [3.8, 4) is 5.75 Å². The van der Waals surface area contributed by atoms with E-state index in [-0.39, 0.29) is 5.75 Å². The maximum Gasteiger partial charge on any atom is 0.133 e. The Hall–Kier alpha value is -1.13. The minimum atomic E-state index is 0.237. The fourth-order valence-electron chi connectivity index (χ4n) is 2.61. The second-order valence-electron chi connectivity index (χ2n) is 5.16. The van der Waals surface area contributed by atoms with E-state index < -0.39 is 0 Å². The van der Waals surface area contributed by atoms with E-state index in [0.29, 0.717) is 6.04 Å². The number of hydrogen-bond acceptors (Lipinski definition) is 4. The van der Waals surface area contributed by atoms with E-state index in [1.165, 1.54) is 25.6 Å². The van der Waals surface area contributed by atoms with Crippen LogP contribution in [0.5, 0.6) is 5.75 Å². The fraction of sp³-hybridized carbons (Fsp3) is 0.643. The molecule has 2 rings (SSSR count). The quantitative estimate of drug-likeness (QED) is 0.885. The third-order valence-electron chi connectivity index (χ3n) is 3.67. The molecule has 0 amide bonds. The molecule has 4 nitrogen and oxygen atoms in total. The van der Waals surface area contributed by atoms with Crippen LogP contribution >= 0.6 is 0 Å². The summed E-state index contributed by atoms with van der Waals surface area (Å²) in [6.45, 7) is 6.57. The van der Waals surface area contributed by atoms with Crippen LogP contribution in [0.3, 0.4) is 0 Å². The fourth-order valence-corrected chi connectivity index (χ4v) is 2.61. The molecule has 1 aromatic heterocycles. The van der Waals surface area contributed by atoms with E-state index in [0.717, 1.165) is 25.3 Å². The third kappa shape index (κ3) is 3.43. The predicted octanol–water partition coefficient (Wildman–Crippen LogP) is 1.70. The molecule has 1 aromatic rings. The summed E-state index contributed by atoms with van der Waals surface area (Å²) in [7, 11) is 2.20. The van der Waals surface area contributed by atoms with Crippen molar-refractivity contribution in [2.45, 2.75) is 32.4 Å². The Morgan fingerprint density at radius 3 is 2.89 bits per heavy atom. The molecular formula is C14H23N3O. The van der Waals surface area contributed by atoms with Gasteiger partial charge in [-0.05, 0) is 38.6 Å². The second kappa shape index (κ2) is 6.16. The Bertz CT molecular complexity index is 366. The van der Waals surface area contributed by atoms with Crippen molar-refractivity contribution in [2.24, 2.45) is 0 Å². The van der Waals surface area contributed by atoms with Crippen LogP contribution in [0.25, 0.3) is 0 Å². The first-order chi connectivity index (χ1) is 8.69. The van der Waals surface area contributed by atoms with Crippen molar-refractivity contribution >= 4 is 0 Å². The molecule has 1 saturated heterocycles. The Morgan fingerprint density at radius 2 is 2.22 bits per heavy atom. The molecule has 0 spiro atoms. The molecule has 1 aliphatic rings. The minimum Gasteiger partial charge on any atom is -0.506 e. The van der Waals surface area contributed by atoms with Gasteiger partial charge in [0.25, 0.3) is 0 Å². The van der Waals surface area contributed by atoms with E-state index in [1.807, 2.05) is 6.07 Å². The van der Waals surface area contributed by atoms with Gasteiger partial charge in [0.15, 0.2) is 0 Å². The lowest BCUT2D eigenvalue weighted by atomic mass is 10.1. The number of pyridine rings is 1. The molecule has 1 N–H and O–H groups in total. The number of aromatic hydroxyl groups is 1. The number of nitrogens with zero attached hydrogens (tertiary/aromatic N) is 3. The van der Waals surface area contributed by atoms with Crippen LogP contribution in [0.1, 0.15) is 25.5 Å². The first-order valence-corrected chi connectivity index (χ1v) is 6.75. The molecule has 1 unspecified atom stereocenters. The lowest BCUT2D eigenvalue weighted by Gasteiger charge is -2.29. The molecule has 0 aromatic carbocycles. The highest BCUT2D eigenvalue weighted by molar-refractivity contribution is 5.17. The molecule has 18 heavy (non-hydrogen) atoms. The normalized spacial score (nSPS) is 22.9. The lowest BCUT2D eigenvalue weighted by Crippen LogP contribution is -2.39.